The lowest BCUT2D eigenvalue weighted by atomic mass is 10.1. The number of carbonyl (C=O) groups excluding carboxylic acids is 1. The standard InChI is InChI=1S/C13H18N4O/c1-8(2)17(7-12(15)18)13-11(6-14)9(3)5-10(4)16-13/h5,8H,7H2,1-4H3,(H2,15,18). The highest BCUT2D eigenvalue weighted by Gasteiger charge is 2.19. The smallest absolute Gasteiger partial charge is 0.237 e. The predicted molar refractivity (Wildman–Crippen MR) is 70.1 cm³/mol. The normalized spacial score (nSPS) is 10.2. The third-order valence-corrected chi connectivity index (χ3v) is 2.66. The number of aromatic nitrogens is 1. The summed E-state index contributed by atoms with van der Waals surface area (Å²) < 4.78 is 0. The lowest BCUT2D eigenvalue weighted by Gasteiger charge is -2.28. The molecule has 2 N–H and O–H groups in total. The maximum atomic E-state index is 11.1. The van der Waals surface area contributed by atoms with Crippen molar-refractivity contribution in [2.75, 3.05) is 11.4 Å². The van der Waals surface area contributed by atoms with Crippen LogP contribution in [0, 0.1) is 25.2 Å². The third kappa shape index (κ3) is 2.98. The fourth-order valence-electron chi connectivity index (χ4n) is 1.83. The van der Waals surface area contributed by atoms with Crippen LogP contribution in [0.4, 0.5) is 5.82 Å². The van der Waals surface area contributed by atoms with E-state index in [1.807, 2.05) is 33.8 Å². The van der Waals surface area contributed by atoms with E-state index < -0.39 is 5.91 Å². The Kier molecular flexibility index (Phi) is 4.27. The van der Waals surface area contributed by atoms with Crippen molar-refractivity contribution in [3.05, 3.63) is 22.9 Å². The van der Waals surface area contributed by atoms with Gasteiger partial charge in [-0.2, -0.15) is 5.26 Å². The van der Waals surface area contributed by atoms with Gasteiger partial charge in [-0.05, 0) is 39.3 Å². The van der Waals surface area contributed by atoms with Gasteiger partial charge in [0.25, 0.3) is 0 Å². The Balaban J connectivity index is 3.36. The van der Waals surface area contributed by atoms with Crippen molar-refractivity contribution < 1.29 is 4.79 Å². The molecule has 1 aromatic heterocycles. The molecular formula is C13H18N4O. The van der Waals surface area contributed by atoms with Crippen LogP contribution in [0.2, 0.25) is 0 Å². The number of nitrogens with two attached hydrogens (primary N) is 1. The molecule has 0 atom stereocenters. The molecule has 5 heteroatoms. The quantitative estimate of drug-likeness (QED) is 0.867. The molecule has 96 valence electrons. The Morgan fingerprint density at radius 2 is 2.17 bits per heavy atom. The van der Waals surface area contributed by atoms with Crippen LogP contribution in [0.15, 0.2) is 6.07 Å². The Labute approximate surface area is 107 Å². The monoisotopic (exact) mass is 246 g/mol. The lowest BCUT2D eigenvalue weighted by Crippen LogP contribution is -2.39. The number of carbonyl (C=O) groups is 1. The van der Waals surface area contributed by atoms with Gasteiger partial charge >= 0.3 is 0 Å². The van der Waals surface area contributed by atoms with E-state index in [-0.39, 0.29) is 12.6 Å². The molecule has 0 spiro atoms. The summed E-state index contributed by atoms with van der Waals surface area (Å²) in [7, 11) is 0. The van der Waals surface area contributed by atoms with E-state index in [9.17, 15) is 10.1 Å². The molecule has 0 fully saturated rings. The minimum Gasteiger partial charge on any atom is -0.368 e. The molecule has 0 aliphatic heterocycles. The highest BCUT2D eigenvalue weighted by molar-refractivity contribution is 5.80. The minimum absolute atomic E-state index is 0.0401. The molecule has 0 saturated heterocycles. The summed E-state index contributed by atoms with van der Waals surface area (Å²) in [6.07, 6.45) is 0. The number of primary amides is 1. The van der Waals surface area contributed by atoms with Gasteiger partial charge in [-0.3, -0.25) is 4.79 Å². The number of nitriles is 1. The first-order valence-electron chi connectivity index (χ1n) is 5.80. The number of rotatable bonds is 4. The molecule has 0 aliphatic rings. The molecule has 0 aromatic carbocycles. The Morgan fingerprint density at radius 1 is 1.56 bits per heavy atom. The number of aryl methyl sites for hydroxylation is 2. The molecule has 1 rings (SSSR count). The van der Waals surface area contributed by atoms with Crippen molar-refractivity contribution in [1.29, 1.82) is 5.26 Å². The van der Waals surface area contributed by atoms with E-state index in [2.05, 4.69) is 11.1 Å². The van der Waals surface area contributed by atoms with Crippen molar-refractivity contribution in [3.63, 3.8) is 0 Å². The molecule has 1 heterocycles. The maximum Gasteiger partial charge on any atom is 0.237 e. The molecule has 0 aliphatic carbocycles. The lowest BCUT2D eigenvalue weighted by molar-refractivity contribution is -0.116. The fraction of sp³-hybridized carbons (Fsp3) is 0.462. The number of pyridine rings is 1. The first kappa shape index (κ1) is 14.0. The van der Waals surface area contributed by atoms with Crippen LogP contribution in [0.5, 0.6) is 0 Å². The van der Waals surface area contributed by atoms with Crippen molar-refractivity contribution in [3.8, 4) is 6.07 Å². The molecule has 0 unspecified atom stereocenters. The zero-order chi connectivity index (χ0) is 13.9. The Morgan fingerprint density at radius 3 is 2.61 bits per heavy atom. The van der Waals surface area contributed by atoms with E-state index in [1.54, 1.807) is 4.90 Å². The maximum absolute atomic E-state index is 11.1. The summed E-state index contributed by atoms with van der Waals surface area (Å²) in [6.45, 7) is 7.65. The van der Waals surface area contributed by atoms with Gasteiger partial charge in [0.15, 0.2) is 0 Å². The van der Waals surface area contributed by atoms with Gasteiger partial charge < -0.3 is 10.6 Å². The number of hydrogen-bond acceptors (Lipinski definition) is 4. The van der Waals surface area contributed by atoms with Gasteiger partial charge in [0, 0.05) is 11.7 Å². The summed E-state index contributed by atoms with van der Waals surface area (Å²) in [5.41, 5.74) is 7.41. The zero-order valence-corrected chi connectivity index (χ0v) is 11.2. The highest BCUT2D eigenvalue weighted by atomic mass is 16.1. The summed E-state index contributed by atoms with van der Waals surface area (Å²) in [5.74, 6) is 0.0948. The second-order valence-electron chi connectivity index (χ2n) is 4.58. The second-order valence-corrected chi connectivity index (χ2v) is 4.58. The van der Waals surface area contributed by atoms with E-state index in [4.69, 9.17) is 5.73 Å². The molecular weight excluding hydrogens is 228 g/mol. The molecule has 5 nitrogen and oxygen atoms in total. The van der Waals surface area contributed by atoms with E-state index in [0.717, 1.165) is 11.3 Å². The van der Waals surface area contributed by atoms with Gasteiger partial charge in [0.05, 0.1) is 12.1 Å². The summed E-state index contributed by atoms with van der Waals surface area (Å²) in [6, 6.07) is 4.04. The van der Waals surface area contributed by atoms with Crippen LogP contribution in [-0.4, -0.2) is 23.5 Å². The van der Waals surface area contributed by atoms with Gasteiger partial charge in [0.2, 0.25) is 5.91 Å². The fourth-order valence-corrected chi connectivity index (χ4v) is 1.83. The van der Waals surface area contributed by atoms with Crippen LogP contribution < -0.4 is 10.6 Å². The van der Waals surface area contributed by atoms with Crippen LogP contribution in [0.25, 0.3) is 0 Å². The first-order valence-corrected chi connectivity index (χ1v) is 5.80. The van der Waals surface area contributed by atoms with Crippen LogP contribution in [-0.2, 0) is 4.79 Å². The summed E-state index contributed by atoms with van der Waals surface area (Å²) >= 11 is 0. The second kappa shape index (κ2) is 5.50. The van der Waals surface area contributed by atoms with Crippen molar-refractivity contribution in [2.45, 2.75) is 33.7 Å². The number of anilines is 1. The largest absolute Gasteiger partial charge is 0.368 e. The van der Waals surface area contributed by atoms with E-state index >= 15 is 0 Å². The summed E-state index contributed by atoms with van der Waals surface area (Å²) in [5, 5.41) is 9.22. The average molecular weight is 246 g/mol. The Hall–Kier alpha value is -2.09. The molecule has 0 saturated carbocycles. The number of nitrogens with zero attached hydrogens (tertiary/aromatic N) is 3. The zero-order valence-electron chi connectivity index (χ0n) is 11.2. The highest BCUT2D eigenvalue weighted by Crippen LogP contribution is 2.23. The van der Waals surface area contributed by atoms with Gasteiger partial charge in [-0.1, -0.05) is 0 Å². The molecule has 1 amide bonds. The molecule has 18 heavy (non-hydrogen) atoms. The van der Waals surface area contributed by atoms with Crippen LogP contribution >= 0.6 is 0 Å². The Bertz CT molecular complexity index is 502. The molecule has 0 bridgehead atoms. The average Bonchev–Trinajstić information content (AvgIpc) is 2.24. The topological polar surface area (TPSA) is 83.0 Å². The van der Waals surface area contributed by atoms with Crippen LogP contribution in [0.3, 0.4) is 0 Å². The minimum atomic E-state index is -0.437. The van der Waals surface area contributed by atoms with E-state index in [0.29, 0.717) is 11.4 Å². The van der Waals surface area contributed by atoms with Crippen molar-refractivity contribution in [1.82, 2.24) is 4.98 Å². The SMILES string of the molecule is Cc1cc(C)c(C#N)c(N(CC(N)=O)C(C)C)n1. The molecule has 0 radical (unpaired) electrons. The predicted octanol–water partition coefficient (Wildman–Crippen LogP) is 1.27. The summed E-state index contributed by atoms with van der Waals surface area (Å²) in [4.78, 5) is 17.3. The van der Waals surface area contributed by atoms with Crippen LogP contribution in [0.1, 0.15) is 30.7 Å². The van der Waals surface area contributed by atoms with E-state index in [1.165, 1.54) is 0 Å². The van der Waals surface area contributed by atoms with Crippen molar-refractivity contribution >= 4 is 11.7 Å². The number of hydrogen-bond donors (Lipinski definition) is 1. The first-order chi connectivity index (χ1) is 8.36. The third-order valence-electron chi connectivity index (χ3n) is 2.66. The van der Waals surface area contributed by atoms with Gasteiger partial charge in [-0.15, -0.1) is 0 Å². The number of amides is 1. The van der Waals surface area contributed by atoms with Gasteiger partial charge in [0.1, 0.15) is 11.9 Å². The van der Waals surface area contributed by atoms with Crippen molar-refractivity contribution in [2.24, 2.45) is 5.73 Å². The van der Waals surface area contributed by atoms with Gasteiger partial charge in [-0.25, -0.2) is 4.98 Å². The molecule has 1 aromatic rings.